The number of benzene rings is 1. The maximum atomic E-state index is 12.2. The molecule has 1 N–H and O–H groups in total. The number of hydrogen-bond donors (Lipinski definition) is 1. The Balaban J connectivity index is 2.12. The highest BCUT2D eigenvalue weighted by Gasteiger charge is 2.36. The second-order valence-corrected chi connectivity index (χ2v) is 5.39. The highest BCUT2D eigenvalue weighted by Crippen LogP contribution is 2.29. The molecule has 0 radical (unpaired) electrons. The summed E-state index contributed by atoms with van der Waals surface area (Å²) in [6, 6.07) is 9.32. The Morgan fingerprint density at radius 2 is 2.00 bits per heavy atom. The fourth-order valence-electron chi connectivity index (χ4n) is 2.28. The highest BCUT2D eigenvalue weighted by molar-refractivity contribution is 5.94. The van der Waals surface area contributed by atoms with E-state index in [1.807, 2.05) is 49.1 Å². The number of aliphatic hydroxyl groups excluding tert-OH is 1. The summed E-state index contributed by atoms with van der Waals surface area (Å²) in [5.74, 6) is 0.0607. The molecule has 17 heavy (non-hydrogen) atoms. The fourth-order valence-corrected chi connectivity index (χ4v) is 2.28. The van der Waals surface area contributed by atoms with Crippen molar-refractivity contribution in [2.24, 2.45) is 5.41 Å². The van der Waals surface area contributed by atoms with Crippen molar-refractivity contribution < 1.29 is 9.90 Å². The van der Waals surface area contributed by atoms with Crippen LogP contribution in [0.1, 0.15) is 30.6 Å². The third-order valence-corrected chi connectivity index (χ3v) is 3.48. The van der Waals surface area contributed by atoms with Crippen LogP contribution in [0.4, 0.5) is 0 Å². The van der Waals surface area contributed by atoms with Gasteiger partial charge in [0, 0.05) is 24.1 Å². The third kappa shape index (κ3) is 2.50. The molecule has 1 atom stereocenters. The van der Waals surface area contributed by atoms with Gasteiger partial charge < -0.3 is 10.0 Å². The largest absolute Gasteiger partial charge is 0.392 e. The number of carbonyl (C=O) groups is 1. The average Bonchev–Trinajstić information content (AvgIpc) is 2.33. The van der Waals surface area contributed by atoms with Crippen molar-refractivity contribution in [1.29, 1.82) is 0 Å². The minimum absolute atomic E-state index is 0.0607. The van der Waals surface area contributed by atoms with E-state index in [1.54, 1.807) is 0 Å². The van der Waals surface area contributed by atoms with Crippen LogP contribution >= 0.6 is 0 Å². The maximum absolute atomic E-state index is 12.2. The summed E-state index contributed by atoms with van der Waals surface area (Å²) in [4.78, 5) is 14.1. The number of rotatable bonds is 1. The standard InChI is InChI=1S/C14H19NO2/c1-14(2)10-15(9-8-12(14)16)13(17)11-6-4-3-5-7-11/h3-7,12,16H,8-10H2,1-2H3. The van der Waals surface area contributed by atoms with Gasteiger partial charge in [0.25, 0.3) is 5.91 Å². The average molecular weight is 233 g/mol. The van der Waals surface area contributed by atoms with Crippen molar-refractivity contribution >= 4 is 5.91 Å². The summed E-state index contributed by atoms with van der Waals surface area (Å²) < 4.78 is 0. The van der Waals surface area contributed by atoms with Gasteiger partial charge in [0.1, 0.15) is 0 Å². The van der Waals surface area contributed by atoms with Crippen LogP contribution in [0.3, 0.4) is 0 Å². The predicted molar refractivity (Wildman–Crippen MR) is 66.8 cm³/mol. The SMILES string of the molecule is CC1(C)CN(C(=O)c2ccccc2)CCC1O. The Hall–Kier alpha value is -1.35. The first kappa shape index (κ1) is 12.1. The number of aliphatic hydroxyl groups is 1. The summed E-state index contributed by atoms with van der Waals surface area (Å²) in [7, 11) is 0. The van der Waals surface area contributed by atoms with Gasteiger partial charge in [0.2, 0.25) is 0 Å². The van der Waals surface area contributed by atoms with E-state index in [-0.39, 0.29) is 17.4 Å². The normalized spacial score (nSPS) is 23.5. The minimum Gasteiger partial charge on any atom is -0.392 e. The Labute approximate surface area is 102 Å². The molecule has 1 amide bonds. The van der Waals surface area contributed by atoms with Crippen LogP contribution < -0.4 is 0 Å². The van der Waals surface area contributed by atoms with E-state index < -0.39 is 0 Å². The number of hydrogen-bond acceptors (Lipinski definition) is 2. The predicted octanol–water partition coefficient (Wildman–Crippen LogP) is 1.92. The van der Waals surface area contributed by atoms with Crippen LogP contribution in [0.25, 0.3) is 0 Å². The van der Waals surface area contributed by atoms with Crippen LogP contribution in [-0.4, -0.2) is 35.1 Å². The van der Waals surface area contributed by atoms with Crippen LogP contribution in [0.15, 0.2) is 30.3 Å². The lowest BCUT2D eigenvalue weighted by Crippen LogP contribution is -2.50. The molecular formula is C14H19NO2. The van der Waals surface area contributed by atoms with Gasteiger partial charge in [-0.2, -0.15) is 0 Å². The highest BCUT2D eigenvalue weighted by atomic mass is 16.3. The fraction of sp³-hybridized carbons (Fsp3) is 0.500. The first-order chi connectivity index (χ1) is 8.00. The Morgan fingerprint density at radius 1 is 1.35 bits per heavy atom. The number of piperidine rings is 1. The molecule has 1 aliphatic rings. The Kier molecular flexibility index (Phi) is 3.20. The molecule has 1 unspecified atom stereocenters. The lowest BCUT2D eigenvalue weighted by Gasteiger charge is -2.41. The monoisotopic (exact) mass is 233 g/mol. The molecular weight excluding hydrogens is 214 g/mol. The van der Waals surface area contributed by atoms with E-state index in [9.17, 15) is 9.90 Å². The smallest absolute Gasteiger partial charge is 0.253 e. The Morgan fingerprint density at radius 3 is 2.59 bits per heavy atom. The van der Waals surface area contributed by atoms with E-state index in [1.165, 1.54) is 0 Å². The van der Waals surface area contributed by atoms with Crippen molar-refractivity contribution in [1.82, 2.24) is 4.90 Å². The first-order valence-electron chi connectivity index (χ1n) is 6.03. The van der Waals surface area contributed by atoms with Crippen molar-refractivity contribution in [3.8, 4) is 0 Å². The van der Waals surface area contributed by atoms with Crippen LogP contribution in [0.5, 0.6) is 0 Å². The van der Waals surface area contributed by atoms with Crippen LogP contribution in [0, 0.1) is 5.41 Å². The lowest BCUT2D eigenvalue weighted by molar-refractivity contribution is -0.0182. The molecule has 1 saturated heterocycles. The van der Waals surface area contributed by atoms with Gasteiger partial charge in [-0.3, -0.25) is 4.79 Å². The van der Waals surface area contributed by atoms with Gasteiger partial charge in [-0.15, -0.1) is 0 Å². The number of carbonyl (C=O) groups excluding carboxylic acids is 1. The number of likely N-dealkylation sites (tertiary alicyclic amines) is 1. The first-order valence-corrected chi connectivity index (χ1v) is 6.03. The van der Waals surface area contributed by atoms with Gasteiger partial charge in [-0.1, -0.05) is 32.0 Å². The molecule has 0 aromatic heterocycles. The van der Waals surface area contributed by atoms with Gasteiger partial charge in [0.05, 0.1) is 6.10 Å². The zero-order valence-electron chi connectivity index (χ0n) is 10.4. The molecule has 1 aromatic carbocycles. The second-order valence-electron chi connectivity index (χ2n) is 5.39. The zero-order valence-corrected chi connectivity index (χ0v) is 10.4. The lowest BCUT2D eigenvalue weighted by atomic mass is 9.81. The van der Waals surface area contributed by atoms with Gasteiger partial charge in [-0.25, -0.2) is 0 Å². The van der Waals surface area contributed by atoms with Crippen LogP contribution in [-0.2, 0) is 0 Å². The molecule has 3 nitrogen and oxygen atoms in total. The number of nitrogens with zero attached hydrogens (tertiary/aromatic N) is 1. The second kappa shape index (κ2) is 4.49. The molecule has 2 rings (SSSR count). The van der Waals surface area contributed by atoms with E-state index in [4.69, 9.17) is 0 Å². The molecule has 0 saturated carbocycles. The van der Waals surface area contributed by atoms with E-state index >= 15 is 0 Å². The molecule has 1 aliphatic heterocycles. The Bertz CT molecular complexity index is 400. The summed E-state index contributed by atoms with van der Waals surface area (Å²) in [5, 5.41) is 9.87. The summed E-state index contributed by atoms with van der Waals surface area (Å²) in [6.07, 6.45) is 0.341. The van der Waals surface area contributed by atoms with Gasteiger partial charge in [0.15, 0.2) is 0 Å². The van der Waals surface area contributed by atoms with Crippen molar-refractivity contribution in [3.05, 3.63) is 35.9 Å². The quantitative estimate of drug-likeness (QED) is 0.805. The topological polar surface area (TPSA) is 40.5 Å². The van der Waals surface area contributed by atoms with E-state index in [0.29, 0.717) is 19.5 Å². The minimum atomic E-state index is -0.317. The molecule has 3 heteroatoms. The van der Waals surface area contributed by atoms with Crippen molar-refractivity contribution in [2.45, 2.75) is 26.4 Å². The molecule has 92 valence electrons. The van der Waals surface area contributed by atoms with Crippen molar-refractivity contribution in [3.63, 3.8) is 0 Å². The summed E-state index contributed by atoms with van der Waals surface area (Å²) >= 11 is 0. The number of amides is 1. The van der Waals surface area contributed by atoms with E-state index in [0.717, 1.165) is 5.56 Å². The van der Waals surface area contributed by atoms with E-state index in [2.05, 4.69) is 0 Å². The zero-order chi connectivity index (χ0) is 12.5. The molecule has 1 aromatic rings. The molecule has 0 aliphatic carbocycles. The van der Waals surface area contributed by atoms with Crippen LogP contribution in [0.2, 0.25) is 0 Å². The van der Waals surface area contributed by atoms with Crippen molar-refractivity contribution in [2.75, 3.05) is 13.1 Å². The van der Waals surface area contributed by atoms with Gasteiger partial charge in [-0.05, 0) is 18.6 Å². The molecule has 0 spiro atoms. The third-order valence-electron chi connectivity index (χ3n) is 3.48. The van der Waals surface area contributed by atoms with Gasteiger partial charge >= 0.3 is 0 Å². The summed E-state index contributed by atoms with van der Waals surface area (Å²) in [5.41, 5.74) is 0.502. The molecule has 0 bridgehead atoms. The molecule has 1 fully saturated rings. The maximum Gasteiger partial charge on any atom is 0.253 e. The summed E-state index contributed by atoms with van der Waals surface area (Å²) in [6.45, 7) is 5.25. The molecule has 1 heterocycles.